The van der Waals surface area contributed by atoms with E-state index in [0.717, 1.165) is 44.7 Å². The average Bonchev–Trinajstić information content (AvgIpc) is 2.30. The molecule has 1 aromatic heterocycles. The Morgan fingerprint density at radius 1 is 1.33 bits per heavy atom. The van der Waals surface area contributed by atoms with Crippen LogP contribution >= 0.6 is 0 Å². The van der Waals surface area contributed by atoms with Crippen molar-refractivity contribution in [3.63, 3.8) is 0 Å². The van der Waals surface area contributed by atoms with Crippen molar-refractivity contribution in [1.29, 1.82) is 0 Å². The summed E-state index contributed by atoms with van der Waals surface area (Å²) < 4.78 is 12.6. The van der Waals surface area contributed by atoms with Gasteiger partial charge in [-0.1, -0.05) is 6.07 Å². The lowest BCUT2D eigenvalue weighted by molar-refractivity contribution is 0.244. The van der Waals surface area contributed by atoms with Crippen molar-refractivity contribution >= 4 is 0 Å². The summed E-state index contributed by atoms with van der Waals surface area (Å²) in [5.41, 5.74) is 1.11. The molecule has 82 valence electrons. The number of rotatable bonds is 3. The van der Waals surface area contributed by atoms with Gasteiger partial charge in [0.2, 0.25) is 5.95 Å². The number of aromatic nitrogens is 1. The first-order valence-corrected chi connectivity index (χ1v) is 5.38. The Morgan fingerprint density at radius 3 is 2.80 bits per heavy atom. The molecule has 0 saturated carbocycles. The highest BCUT2D eigenvalue weighted by atomic mass is 19.1. The molecule has 0 amide bonds. The van der Waals surface area contributed by atoms with Crippen LogP contribution in [0.1, 0.15) is 5.56 Å². The van der Waals surface area contributed by atoms with Crippen LogP contribution in [-0.2, 0) is 6.42 Å². The van der Waals surface area contributed by atoms with E-state index in [1.165, 1.54) is 6.07 Å². The predicted octanol–water partition coefficient (Wildman–Crippen LogP) is 0.668. The number of nitrogens with one attached hydrogen (secondary N) is 1. The molecule has 2 rings (SSSR count). The molecule has 1 fully saturated rings. The maximum absolute atomic E-state index is 12.6. The Balaban J connectivity index is 1.79. The summed E-state index contributed by atoms with van der Waals surface area (Å²) in [5, 5.41) is 3.32. The highest BCUT2D eigenvalue weighted by Gasteiger charge is 2.08. The van der Waals surface area contributed by atoms with Crippen molar-refractivity contribution in [2.45, 2.75) is 6.42 Å². The van der Waals surface area contributed by atoms with Gasteiger partial charge >= 0.3 is 0 Å². The van der Waals surface area contributed by atoms with Crippen molar-refractivity contribution in [2.75, 3.05) is 32.7 Å². The summed E-state index contributed by atoms with van der Waals surface area (Å²) in [6.07, 6.45) is 2.57. The number of piperazine rings is 1. The molecule has 1 aromatic rings. The number of nitrogens with zero attached hydrogens (tertiary/aromatic N) is 2. The van der Waals surface area contributed by atoms with E-state index in [0.29, 0.717) is 0 Å². The van der Waals surface area contributed by atoms with Crippen LogP contribution in [0.5, 0.6) is 0 Å². The highest BCUT2D eigenvalue weighted by Crippen LogP contribution is 2.02. The lowest BCUT2D eigenvalue weighted by Gasteiger charge is -2.26. The van der Waals surface area contributed by atoms with Crippen molar-refractivity contribution < 1.29 is 4.39 Å². The fraction of sp³-hybridized carbons (Fsp3) is 0.545. The Kier molecular flexibility index (Phi) is 3.64. The van der Waals surface area contributed by atoms with Crippen molar-refractivity contribution in [3.05, 3.63) is 29.8 Å². The third kappa shape index (κ3) is 3.25. The van der Waals surface area contributed by atoms with Gasteiger partial charge in [0.05, 0.1) is 0 Å². The maximum Gasteiger partial charge on any atom is 0.212 e. The smallest absolute Gasteiger partial charge is 0.212 e. The van der Waals surface area contributed by atoms with E-state index in [2.05, 4.69) is 15.2 Å². The molecule has 2 heterocycles. The molecule has 1 aliphatic heterocycles. The molecule has 0 bridgehead atoms. The van der Waals surface area contributed by atoms with Crippen LogP contribution < -0.4 is 5.32 Å². The number of hydrogen-bond acceptors (Lipinski definition) is 3. The molecule has 0 atom stereocenters. The second kappa shape index (κ2) is 5.19. The number of pyridine rings is 1. The standard InChI is InChI=1S/C11H16FN3/c12-11-2-1-10(9-14-11)3-6-15-7-4-13-5-8-15/h1-2,9,13H,3-8H2. The van der Waals surface area contributed by atoms with Crippen molar-refractivity contribution in [1.82, 2.24) is 15.2 Å². The van der Waals surface area contributed by atoms with E-state index in [9.17, 15) is 4.39 Å². The molecule has 15 heavy (non-hydrogen) atoms. The van der Waals surface area contributed by atoms with Crippen LogP contribution in [0.3, 0.4) is 0 Å². The van der Waals surface area contributed by atoms with Gasteiger partial charge < -0.3 is 10.2 Å². The zero-order chi connectivity index (χ0) is 10.5. The van der Waals surface area contributed by atoms with Crippen LogP contribution in [0.2, 0.25) is 0 Å². The van der Waals surface area contributed by atoms with Crippen LogP contribution in [0.25, 0.3) is 0 Å². The van der Waals surface area contributed by atoms with E-state index in [4.69, 9.17) is 0 Å². The van der Waals surface area contributed by atoms with Crippen molar-refractivity contribution in [2.24, 2.45) is 0 Å². The molecule has 3 nitrogen and oxygen atoms in total. The van der Waals surface area contributed by atoms with Gasteiger partial charge in [-0.2, -0.15) is 4.39 Å². The van der Waals surface area contributed by atoms with E-state index in [1.54, 1.807) is 6.20 Å². The Hall–Kier alpha value is -1.00. The van der Waals surface area contributed by atoms with Crippen LogP contribution in [0.15, 0.2) is 18.3 Å². The normalized spacial score (nSPS) is 17.9. The molecule has 0 radical (unpaired) electrons. The second-order valence-electron chi connectivity index (χ2n) is 3.83. The molecular weight excluding hydrogens is 193 g/mol. The topological polar surface area (TPSA) is 28.2 Å². The van der Waals surface area contributed by atoms with Gasteiger partial charge in [-0.15, -0.1) is 0 Å². The monoisotopic (exact) mass is 209 g/mol. The van der Waals surface area contributed by atoms with Gasteiger partial charge in [0.1, 0.15) is 0 Å². The van der Waals surface area contributed by atoms with Gasteiger partial charge in [0.25, 0.3) is 0 Å². The Bertz CT molecular complexity index is 293. The molecule has 1 aliphatic rings. The summed E-state index contributed by atoms with van der Waals surface area (Å²) >= 11 is 0. The fourth-order valence-electron chi connectivity index (χ4n) is 1.78. The fourth-order valence-corrected chi connectivity index (χ4v) is 1.78. The van der Waals surface area contributed by atoms with E-state index in [1.807, 2.05) is 6.07 Å². The predicted molar refractivity (Wildman–Crippen MR) is 57.2 cm³/mol. The van der Waals surface area contributed by atoms with E-state index >= 15 is 0 Å². The second-order valence-corrected chi connectivity index (χ2v) is 3.83. The molecular formula is C11H16FN3. The van der Waals surface area contributed by atoms with Crippen LogP contribution in [0.4, 0.5) is 4.39 Å². The first-order valence-electron chi connectivity index (χ1n) is 5.38. The highest BCUT2D eigenvalue weighted by molar-refractivity contribution is 5.09. The third-order valence-electron chi connectivity index (χ3n) is 2.71. The lowest BCUT2D eigenvalue weighted by atomic mass is 10.2. The molecule has 0 aliphatic carbocycles. The molecule has 0 aromatic carbocycles. The molecule has 0 unspecified atom stereocenters. The molecule has 1 saturated heterocycles. The summed E-state index contributed by atoms with van der Waals surface area (Å²) in [4.78, 5) is 6.06. The summed E-state index contributed by atoms with van der Waals surface area (Å²) in [6, 6.07) is 3.23. The van der Waals surface area contributed by atoms with E-state index < -0.39 is 5.95 Å². The largest absolute Gasteiger partial charge is 0.314 e. The zero-order valence-corrected chi connectivity index (χ0v) is 8.75. The number of halogens is 1. The van der Waals surface area contributed by atoms with Gasteiger partial charge in [0.15, 0.2) is 0 Å². The number of hydrogen-bond donors (Lipinski definition) is 1. The van der Waals surface area contributed by atoms with Crippen molar-refractivity contribution in [3.8, 4) is 0 Å². The minimum Gasteiger partial charge on any atom is -0.314 e. The third-order valence-corrected chi connectivity index (χ3v) is 2.71. The Labute approximate surface area is 89.3 Å². The average molecular weight is 209 g/mol. The summed E-state index contributed by atoms with van der Waals surface area (Å²) in [6.45, 7) is 5.39. The van der Waals surface area contributed by atoms with Gasteiger partial charge in [0, 0.05) is 38.9 Å². The first kappa shape index (κ1) is 10.5. The maximum atomic E-state index is 12.6. The zero-order valence-electron chi connectivity index (χ0n) is 8.75. The van der Waals surface area contributed by atoms with E-state index in [-0.39, 0.29) is 0 Å². The SMILES string of the molecule is Fc1ccc(CCN2CCNCC2)cn1. The van der Waals surface area contributed by atoms with Gasteiger partial charge in [-0.05, 0) is 18.1 Å². The lowest BCUT2D eigenvalue weighted by Crippen LogP contribution is -2.44. The van der Waals surface area contributed by atoms with Gasteiger partial charge in [-0.3, -0.25) is 0 Å². The summed E-state index contributed by atoms with van der Waals surface area (Å²) in [5.74, 6) is -0.402. The first-order chi connectivity index (χ1) is 7.34. The molecule has 4 heteroatoms. The molecule has 0 spiro atoms. The van der Waals surface area contributed by atoms with Crippen LogP contribution in [-0.4, -0.2) is 42.6 Å². The quantitative estimate of drug-likeness (QED) is 0.742. The minimum absolute atomic E-state index is 0.402. The Morgan fingerprint density at radius 2 is 2.13 bits per heavy atom. The van der Waals surface area contributed by atoms with Gasteiger partial charge in [-0.25, -0.2) is 4.98 Å². The summed E-state index contributed by atoms with van der Waals surface area (Å²) in [7, 11) is 0. The van der Waals surface area contributed by atoms with Crippen LogP contribution in [0, 0.1) is 5.95 Å². The minimum atomic E-state index is -0.402. The molecule has 1 N–H and O–H groups in total.